The molecular formula is C18H22N2OS. The van der Waals surface area contributed by atoms with Gasteiger partial charge in [0.15, 0.2) is 0 Å². The van der Waals surface area contributed by atoms with Crippen molar-refractivity contribution in [1.82, 2.24) is 0 Å². The molecule has 3 N–H and O–H groups in total. The molecule has 2 aromatic carbocycles. The number of anilines is 2. The van der Waals surface area contributed by atoms with Crippen LogP contribution in [0.2, 0.25) is 0 Å². The molecule has 0 bridgehead atoms. The first-order valence-electron chi connectivity index (χ1n) is 7.24. The third-order valence-electron chi connectivity index (χ3n) is 3.31. The van der Waals surface area contributed by atoms with E-state index in [4.69, 9.17) is 5.73 Å². The Bertz CT molecular complexity index is 645. The number of carbonyl (C=O) groups excluding carboxylic acids is 1. The zero-order valence-electron chi connectivity index (χ0n) is 13.2. The SMILES string of the molecule is CC(C)(C)c1ccc(NC(=O)CSc2ccccc2N)cc1. The Labute approximate surface area is 136 Å². The summed E-state index contributed by atoms with van der Waals surface area (Å²) in [6.07, 6.45) is 0. The summed E-state index contributed by atoms with van der Waals surface area (Å²) in [6.45, 7) is 6.50. The molecule has 1 amide bonds. The van der Waals surface area contributed by atoms with Crippen molar-refractivity contribution in [2.24, 2.45) is 0 Å². The molecule has 22 heavy (non-hydrogen) atoms. The van der Waals surface area contributed by atoms with Gasteiger partial charge in [0, 0.05) is 16.3 Å². The van der Waals surface area contributed by atoms with Gasteiger partial charge in [0.25, 0.3) is 0 Å². The summed E-state index contributed by atoms with van der Waals surface area (Å²) in [4.78, 5) is 12.9. The van der Waals surface area contributed by atoms with E-state index in [1.54, 1.807) is 0 Å². The normalized spacial score (nSPS) is 11.2. The number of hydrogen-bond donors (Lipinski definition) is 2. The lowest BCUT2D eigenvalue weighted by Gasteiger charge is -2.19. The van der Waals surface area contributed by atoms with Crippen LogP contribution in [-0.2, 0) is 10.2 Å². The first-order valence-corrected chi connectivity index (χ1v) is 8.22. The second kappa shape index (κ2) is 6.88. The van der Waals surface area contributed by atoms with Crippen LogP contribution in [0.5, 0.6) is 0 Å². The number of nitrogens with two attached hydrogens (primary N) is 1. The van der Waals surface area contributed by atoms with Crippen LogP contribution in [0.15, 0.2) is 53.4 Å². The summed E-state index contributed by atoms with van der Waals surface area (Å²) in [7, 11) is 0. The monoisotopic (exact) mass is 314 g/mol. The van der Waals surface area contributed by atoms with Crippen LogP contribution in [0.4, 0.5) is 11.4 Å². The van der Waals surface area contributed by atoms with Crippen molar-refractivity contribution in [1.29, 1.82) is 0 Å². The van der Waals surface area contributed by atoms with E-state index in [1.165, 1.54) is 17.3 Å². The molecule has 2 aromatic rings. The lowest BCUT2D eigenvalue weighted by Crippen LogP contribution is -2.15. The molecule has 0 aliphatic heterocycles. The van der Waals surface area contributed by atoms with Gasteiger partial charge in [0.2, 0.25) is 5.91 Å². The molecule has 0 spiro atoms. The molecule has 0 unspecified atom stereocenters. The van der Waals surface area contributed by atoms with Crippen molar-refractivity contribution in [3.8, 4) is 0 Å². The summed E-state index contributed by atoms with van der Waals surface area (Å²) >= 11 is 1.44. The Kier molecular flexibility index (Phi) is 5.14. The first kappa shape index (κ1) is 16.4. The number of nitrogens with one attached hydrogen (secondary N) is 1. The fourth-order valence-corrected chi connectivity index (χ4v) is 2.77. The van der Waals surface area contributed by atoms with Gasteiger partial charge in [-0.25, -0.2) is 0 Å². The average molecular weight is 314 g/mol. The maximum Gasteiger partial charge on any atom is 0.234 e. The van der Waals surface area contributed by atoms with Crippen LogP contribution in [0.1, 0.15) is 26.3 Å². The molecule has 3 nitrogen and oxygen atoms in total. The molecule has 0 saturated carbocycles. The number of amides is 1. The third-order valence-corrected chi connectivity index (χ3v) is 4.40. The Hall–Kier alpha value is -1.94. The highest BCUT2D eigenvalue weighted by atomic mass is 32.2. The number of rotatable bonds is 4. The van der Waals surface area contributed by atoms with Gasteiger partial charge in [-0.3, -0.25) is 4.79 Å². The fraction of sp³-hybridized carbons (Fsp3) is 0.278. The summed E-state index contributed by atoms with van der Waals surface area (Å²) in [5, 5.41) is 2.91. The lowest BCUT2D eigenvalue weighted by molar-refractivity contribution is -0.113. The van der Waals surface area contributed by atoms with Crippen molar-refractivity contribution in [2.45, 2.75) is 31.1 Å². The molecule has 0 heterocycles. The molecule has 0 atom stereocenters. The van der Waals surface area contributed by atoms with Crippen LogP contribution in [0, 0.1) is 0 Å². The number of carbonyl (C=O) groups is 1. The van der Waals surface area contributed by atoms with Crippen LogP contribution >= 0.6 is 11.8 Å². The summed E-state index contributed by atoms with van der Waals surface area (Å²) in [5.41, 5.74) is 8.75. The molecule has 4 heteroatoms. The minimum Gasteiger partial charge on any atom is -0.398 e. The van der Waals surface area contributed by atoms with Crippen molar-refractivity contribution >= 4 is 29.0 Å². The topological polar surface area (TPSA) is 55.1 Å². The van der Waals surface area contributed by atoms with E-state index in [0.717, 1.165) is 10.6 Å². The zero-order chi connectivity index (χ0) is 16.2. The molecule has 0 saturated heterocycles. The molecule has 2 rings (SSSR count). The zero-order valence-corrected chi connectivity index (χ0v) is 14.0. The summed E-state index contributed by atoms with van der Waals surface area (Å²) in [6, 6.07) is 15.6. The van der Waals surface area contributed by atoms with Gasteiger partial charge in [-0.1, -0.05) is 45.0 Å². The van der Waals surface area contributed by atoms with E-state index in [9.17, 15) is 4.79 Å². The minimum atomic E-state index is -0.0308. The van der Waals surface area contributed by atoms with Gasteiger partial charge >= 0.3 is 0 Å². The number of benzene rings is 2. The predicted molar refractivity (Wildman–Crippen MR) is 95.4 cm³/mol. The number of para-hydroxylation sites is 1. The Balaban J connectivity index is 1.91. The standard InChI is InChI=1S/C18H22N2OS/c1-18(2,3)13-8-10-14(11-9-13)20-17(21)12-22-16-7-5-4-6-15(16)19/h4-11H,12,19H2,1-3H3,(H,20,21). The van der Waals surface area contributed by atoms with Crippen LogP contribution in [-0.4, -0.2) is 11.7 Å². The van der Waals surface area contributed by atoms with Crippen molar-refractivity contribution in [3.05, 3.63) is 54.1 Å². The molecule has 116 valence electrons. The van der Waals surface area contributed by atoms with E-state index in [2.05, 4.69) is 38.2 Å². The van der Waals surface area contributed by atoms with E-state index in [1.807, 2.05) is 36.4 Å². The maximum atomic E-state index is 12.0. The highest BCUT2D eigenvalue weighted by Gasteiger charge is 2.13. The van der Waals surface area contributed by atoms with Crippen molar-refractivity contribution in [3.63, 3.8) is 0 Å². The molecule has 0 fully saturated rings. The van der Waals surface area contributed by atoms with Gasteiger partial charge in [-0.05, 0) is 35.2 Å². The smallest absolute Gasteiger partial charge is 0.234 e. The van der Waals surface area contributed by atoms with Gasteiger partial charge in [-0.2, -0.15) is 0 Å². The second-order valence-corrected chi connectivity index (χ2v) is 7.22. The van der Waals surface area contributed by atoms with E-state index < -0.39 is 0 Å². The van der Waals surface area contributed by atoms with Gasteiger partial charge in [0.05, 0.1) is 5.75 Å². The highest BCUT2D eigenvalue weighted by molar-refractivity contribution is 8.00. The molecule has 0 aliphatic rings. The van der Waals surface area contributed by atoms with Crippen LogP contribution in [0.25, 0.3) is 0 Å². The average Bonchev–Trinajstić information content (AvgIpc) is 2.46. The molecule has 0 aromatic heterocycles. The van der Waals surface area contributed by atoms with E-state index in [-0.39, 0.29) is 11.3 Å². The largest absolute Gasteiger partial charge is 0.398 e. The maximum absolute atomic E-state index is 12.0. The predicted octanol–water partition coefficient (Wildman–Crippen LogP) is 4.30. The molecule has 0 aliphatic carbocycles. The van der Waals surface area contributed by atoms with E-state index in [0.29, 0.717) is 11.4 Å². The molecular weight excluding hydrogens is 292 g/mol. The highest BCUT2D eigenvalue weighted by Crippen LogP contribution is 2.25. The Morgan fingerprint density at radius 1 is 1.09 bits per heavy atom. The summed E-state index contributed by atoms with van der Waals surface area (Å²) in [5.74, 6) is 0.312. The number of nitrogen functional groups attached to an aromatic ring is 1. The summed E-state index contributed by atoms with van der Waals surface area (Å²) < 4.78 is 0. The van der Waals surface area contributed by atoms with Crippen LogP contribution < -0.4 is 11.1 Å². The van der Waals surface area contributed by atoms with Crippen molar-refractivity contribution < 1.29 is 4.79 Å². The van der Waals surface area contributed by atoms with Crippen molar-refractivity contribution in [2.75, 3.05) is 16.8 Å². The first-order chi connectivity index (χ1) is 10.4. The minimum absolute atomic E-state index is 0.0308. The number of hydrogen-bond acceptors (Lipinski definition) is 3. The van der Waals surface area contributed by atoms with Gasteiger partial charge in [0.1, 0.15) is 0 Å². The fourth-order valence-electron chi connectivity index (χ4n) is 2.01. The third kappa shape index (κ3) is 4.53. The van der Waals surface area contributed by atoms with E-state index >= 15 is 0 Å². The quantitative estimate of drug-likeness (QED) is 0.653. The van der Waals surface area contributed by atoms with Gasteiger partial charge < -0.3 is 11.1 Å². The second-order valence-electron chi connectivity index (χ2n) is 6.20. The Morgan fingerprint density at radius 3 is 2.32 bits per heavy atom. The number of thioether (sulfide) groups is 1. The Morgan fingerprint density at radius 2 is 1.73 bits per heavy atom. The molecule has 0 radical (unpaired) electrons. The lowest BCUT2D eigenvalue weighted by atomic mass is 9.87. The van der Waals surface area contributed by atoms with Gasteiger partial charge in [-0.15, -0.1) is 11.8 Å². The van der Waals surface area contributed by atoms with Crippen LogP contribution in [0.3, 0.4) is 0 Å².